The molecule has 1 saturated heterocycles. The number of nitrogens with zero attached hydrogens (tertiary/aromatic N) is 5. The third kappa shape index (κ3) is 3.84. The third-order valence-corrected chi connectivity index (χ3v) is 5.93. The van der Waals surface area contributed by atoms with Gasteiger partial charge in [0.15, 0.2) is 0 Å². The van der Waals surface area contributed by atoms with Crippen molar-refractivity contribution in [3.8, 4) is 0 Å². The topological polar surface area (TPSA) is 37.2 Å². The molecule has 0 unspecified atom stereocenters. The minimum atomic E-state index is 0.448. The summed E-state index contributed by atoms with van der Waals surface area (Å²) in [6.07, 6.45) is 3.60. The fourth-order valence-electron chi connectivity index (χ4n) is 4.44. The Bertz CT molecular complexity index is 700. The van der Waals surface area contributed by atoms with Crippen LogP contribution in [0.4, 0.5) is 0 Å². The Labute approximate surface area is 157 Å². The molecule has 3 heterocycles. The Morgan fingerprint density at radius 3 is 2.46 bits per heavy atom. The van der Waals surface area contributed by atoms with E-state index < -0.39 is 0 Å². The molecule has 26 heavy (non-hydrogen) atoms. The summed E-state index contributed by atoms with van der Waals surface area (Å²) in [6.45, 7) is 11.2. The van der Waals surface area contributed by atoms with Crippen LogP contribution in [0.3, 0.4) is 0 Å². The SMILES string of the molecule is CC(C)c1nnc2n1CCN(C1CCN(Cc3ccccc3)CC1)CC2. The van der Waals surface area contributed by atoms with Gasteiger partial charge >= 0.3 is 0 Å². The van der Waals surface area contributed by atoms with E-state index in [2.05, 4.69) is 68.7 Å². The predicted octanol–water partition coefficient (Wildman–Crippen LogP) is 2.92. The van der Waals surface area contributed by atoms with Crippen molar-refractivity contribution in [1.29, 1.82) is 0 Å². The lowest BCUT2D eigenvalue weighted by Gasteiger charge is -2.38. The summed E-state index contributed by atoms with van der Waals surface area (Å²) in [5, 5.41) is 8.87. The van der Waals surface area contributed by atoms with Crippen molar-refractivity contribution in [1.82, 2.24) is 24.6 Å². The highest BCUT2D eigenvalue weighted by molar-refractivity contribution is 5.14. The van der Waals surface area contributed by atoms with Crippen LogP contribution in [0, 0.1) is 0 Å². The summed E-state index contributed by atoms with van der Waals surface area (Å²) < 4.78 is 2.37. The Morgan fingerprint density at radius 1 is 0.962 bits per heavy atom. The summed E-state index contributed by atoms with van der Waals surface area (Å²) in [5.74, 6) is 2.78. The van der Waals surface area contributed by atoms with Crippen molar-refractivity contribution in [2.45, 2.75) is 58.2 Å². The molecule has 0 spiro atoms. The van der Waals surface area contributed by atoms with Gasteiger partial charge in [0.05, 0.1) is 0 Å². The average molecular weight is 354 g/mol. The second kappa shape index (κ2) is 7.89. The molecule has 0 aliphatic carbocycles. The van der Waals surface area contributed by atoms with Gasteiger partial charge in [-0.25, -0.2) is 0 Å². The Hall–Kier alpha value is -1.72. The third-order valence-electron chi connectivity index (χ3n) is 5.93. The lowest BCUT2D eigenvalue weighted by molar-refractivity contribution is 0.106. The molecule has 0 radical (unpaired) electrons. The molecular weight excluding hydrogens is 322 g/mol. The molecule has 0 saturated carbocycles. The van der Waals surface area contributed by atoms with Crippen LogP contribution in [-0.4, -0.2) is 56.8 Å². The number of rotatable bonds is 4. The van der Waals surface area contributed by atoms with E-state index in [1.807, 2.05) is 0 Å². The van der Waals surface area contributed by atoms with Gasteiger partial charge in [-0.3, -0.25) is 9.80 Å². The molecule has 4 rings (SSSR count). The van der Waals surface area contributed by atoms with Crippen LogP contribution in [0.2, 0.25) is 0 Å². The number of hydrogen-bond donors (Lipinski definition) is 0. The summed E-state index contributed by atoms with van der Waals surface area (Å²) in [4.78, 5) is 5.31. The number of aromatic nitrogens is 3. The highest BCUT2D eigenvalue weighted by Gasteiger charge is 2.27. The first kappa shape index (κ1) is 17.7. The standard InChI is InChI=1S/C21H31N5/c1-17(2)21-23-22-20-10-13-25(14-15-26(20)21)19-8-11-24(12-9-19)16-18-6-4-3-5-7-18/h3-7,17,19H,8-16H2,1-2H3. The van der Waals surface area contributed by atoms with Gasteiger partial charge in [0.1, 0.15) is 11.6 Å². The lowest BCUT2D eigenvalue weighted by atomic mass is 10.0. The van der Waals surface area contributed by atoms with E-state index in [-0.39, 0.29) is 0 Å². The molecule has 2 aromatic rings. The summed E-state index contributed by atoms with van der Waals surface area (Å²) in [7, 11) is 0. The van der Waals surface area contributed by atoms with Gasteiger partial charge in [-0.2, -0.15) is 0 Å². The molecule has 0 bridgehead atoms. The summed E-state index contributed by atoms with van der Waals surface area (Å²) in [6, 6.07) is 11.6. The van der Waals surface area contributed by atoms with Gasteiger partial charge in [-0.1, -0.05) is 44.2 Å². The van der Waals surface area contributed by atoms with Crippen molar-refractivity contribution in [3.63, 3.8) is 0 Å². The van der Waals surface area contributed by atoms with Crippen molar-refractivity contribution in [3.05, 3.63) is 47.5 Å². The molecule has 140 valence electrons. The second-order valence-electron chi connectivity index (χ2n) is 8.06. The smallest absolute Gasteiger partial charge is 0.135 e. The average Bonchev–Trinajstić information content (AvgIpc) is 2.96. The van der Waals surface area contributed by atoms with Crippen LogP contribution in [0.25, 0.3) is 0 Å². The zero-order valence-electron chi connectivity index (χ0n) is 16.1. The first-order chi connectivity index (χ1) is 12.7. The van der Waals surface area contributed by atoms with Gasteiger partial charge in [0, 0.05) is 44.6 Å². The molecule has 2 aliphatic heterocycles. The van der Waals surface area contributed by atoms with E-state index in [0.29, 0.717) is 5.92 Å². The maximum atomic E-state index is 4.45. The first-order valence-corrected chi connectivity index (χ1v) is 10.1. The van der Waals surface area contributed by atoms with E-state index in [1.165, 1.54) is 37.3 Å². The van der Waals surface area contributed by atoms with Crippen LogP contribution < -0.4 is 0 Å². The largest absolute Gasteiger partial charge is 0.313 e. The van der Waals surface area contributed by atoms with E-state index in [9.17, 15) is 0 Å². The number of hydrogen-bond acceptors (Lipinski definition) is 4. The molecule has 2 aliphatic rings. The molecule has 1 fully saturated rings. The first-order valence-electron chi connectivity index (χ1n) is 10.1. The highest BCUT2D eigenvalue weighted by Crippen LogP contribution is 2.22. The van der Waals surface area contributed by atoms with Gasteiger partial charge < -0.3 is 4.57 Å². The quantitative estimate of drug-likeness (QED) is 0.847. The van der Waals surface area contributed by atoms with E-state index in [0.717, 1.165) is 44.5 Å². The van der Waals surface area contributed by atoms with E-state index in [4.69, 9.17) is 0 Å². The maximum Gasteiger partial charge on any atom is 0.135 e. The predicted molar refractivity (Wildman–Crippen MR) is 104 cm³/mol. The van der Waals surface area contributed by atoms with Crippen molar-refractivity contribution >= 4 is 0 Å². The Balaban J connectivity index is 1.31. The molecule has 5 nitrogen and oxygen atoms in total. The highest BCUT2D eigenvalue weighted by atomic mass is 15.3. The van der Waals surface area contributed by atoms with Gasteiger partial charge in [0.2, 0.25) is 0 Å². The van der Waals surface area contributed by atoms with Gasteiger partial charge in [-0.05, 0) is 31.5 Å². The molecule has 0 atom stereocenters. The maximum absolute atomic E-state index is 4.45. The van der Waals surface area contributed by atoms with Crippen molar-refractivity contribution in [2.75, 3.05) is 26.2 Å². The zero-order chi connectivity index (χ0) is 17.9. The summed E-state index contributed by atoms with van der Waals surface area (Å²) in [5.41, 5.74) is 1.43. The fourth-order valence-corrected chi connectivity index (χ4v) is 4.44. The van der Waals surface area contributed by atoms with E-state index >= 15 is 0 Å². The monoisotopic (exact) mass is 353 g/mol. The molecule has 5 heteroatoms. The Kier molecular flexibility index (Phi) is 5.36. The fraction of sp³-hybridized carbons (Fsp3) is 0.619. The van der Waals surface area contributed by atoms with Crippen LogP contribution in [-0.2, 0) is 19.5 Å². The van der Waals surface area contributed by atoms with Crippen molar-refractivity contribution in [2.24, 2.45) is 0 Å². The zero-order valence-corrected chi connectivity index (χ0v) is 16.1. The summed E-state index contributed by atoms with van der Waals surface area (Å²) >= 11 is 0. The Morgan fingerprint density at radius 2 is 1.73 bits per heavy atom. The number of piperidine rings is 1. The van der Waals surface area contributed by atoms with Gasteiger partial charge in [-0.15, -0.1) is 10.2 Å². The van der Waals surface area contributed by atoms with Crippen LogP contribution in [0.15, 0.2) is 30.3 Å². The number of fused-ring (bicyclic) bond motifs is 1. The van der Waals surface area contributed by atoms with Crippen LogP contribution in [0.1, 0.15) is 49.8 Å². The van der Waals surface area contributed by atoms with Crippen LogP contribution in [0.5, 0.6) is 0 Å². The number of likely N-dealkylation sites (tertiary alicyclic amines) is 1. The molecule has 1 aromatic heterocycles. The van der Waals surface area contributed by atoms with Crippen molar-refractivity contribution < 1.29 is 0 Å². The van der Waals surface area contributed by atoms with E-state index in [1.54, 1.807) is 0 Å². The lowest BCUT2D eigenvalue weighted by Crippen LogP contribution is -2.45. The van der Waals surface area contributed by atoms with Gasteiger partial charge in [0.25, 0.3) is 0 Å². The normalized spacial score (nSPS) is 20.3. The minimum Gasteiger partial charge on any atom is -0.313 e. The molecule has 0 amide bonds. The molecule has 0 N–H and O–H groups in total. The molecule has 1 aromatic carbocycles. The van der Waals surface area contributed by atoms with Crippen LogP contribution >= 0.6 is 0 Å². The molecular formula is C21H31N5. The second-order valence-corrected chi connectivity index (χ2v) is 8.06. The number of benzene rings is 1. The minimum absolute atomic E-state index is 0.448.